The smallest absolute Gasteiger partial charge is 0.124 e. The third-order valence-corrected chi connectivity index (χ3v) is 4.01. The molecule has 1 aromatic carbocycles. The molecule has 5 heteroatoms. The Morgan fingerprint density at radius 1 is 1.37 bits per heavy atom. The van der Waals surface area contributed by atoms with Crippen LogP contribution in [0.15, 0.2) is 35.1 Å². The van der Waals surface area contributed by atoms with E-state index >= 15 is 0 Å². The maximum absolute atomic E-state index is 9.05. The number of nitrogens with zero attached hydrogens (tertiary/aromatic N) is 2. The highest BCUT2D eigenvalue weighted by Crippen LogP contribution is 2.30. The molecule has 2 aromatic rings. The first-order chi connectivity index (χ1) is 9.38. The van der Waals surface area contributed by atoms with E-state index in [1.807, 2.05) is 24.4 Å². The highest BCUT2D eigenvalue weighted by Gasteiger charge is 2.19. The molecule has 0 radical (unpaired) electrons. The highest BCUT2D eigenvalue weighted by atomic mass is 32.1. The van der Waals surface area contributed by atoms with E-state index in [-0.39, 0.29) is 0 Å². The lowest BCUT2D eigenvalue weighted by Crippen LogP contribution is -2.13. The maximum Gasteiger partial charge on any atom is 0.124 e. The van der Waals surface area contributed by atoms with Crippen molar-refractivity contribution in [3.8, 4) is 5.75 Å². The Hall–Kier alpha value is -1.88. The van der Waals surface area contributed by atoms with E-state index in [0.29, 0.717) is 6.61 Å². The minimum Gasteiger partial charge on any atom is -0.488 e. The van der Waals surface area contributed by atoms with E-state index in [2.05, 4.69) is 10.1 Å². The number of oxime groups is 1. The van der Waals surface area contributed by atoms with Crippen LogP contribution in [0.5, 0.6) is 5.75 Å². The van der Waals surface area contributed by atoms with Gasteiger partial charge in [0, 0.05) is 17.3 Å². The van der Waals surface area contributed by atoms with Gasteiger partial charge in [-0.05, 0) is 25.3 Å². The van der Waals surface area contributed by atoms with Crippen LogP contribution in [-0.2, 0) is 13.0 Å². The van der Waals surface area contributed by atoms with E-state index in [1.54, 1.807) is 16.8 Å². The third kappa shape index (κ3) is 2.46. The molecule has 1 aliphatic rings. The van der Waals surface area contributed by atoms with Crippen LogP contribution in [0.25, 0.3) is 0 Å². The van der Waals surface area contributed by atoms with Crippen LogP contribution >= 0.6 is 11.3 Å². The van der Waals surface area contributed by atoms with Gasteiger partial charge in [0.25, 0.3) is 0 Å². The summed E-state index contributed by atoms with van der Waals surface area (Å²) in [5.74, 6) is 0.881. The van der Waals surface area contributed by atoms with Gasteiger partial charge in [-0.2, -0.15) is 0 Å². The Morgan fingerprint density at radius 2 is 2.32 bits per heavy atom. The molecule has 0 saturated heterocycles. The number of hydrogen-bond acceptors (Lipinski definition) is 5. The SMILES string of the molecule is O/N=C1/CCCc2c(OCc3cncs3)cccc21. The quantitative estimate of drug-likeness (QED) is 0.690. The van der Waals surface area contributed by atoms with Gasteiger partial charge >= 0.3 is 0 Å². The van der Waals surface area contributed by atoms with Gasteiger partial charge in [-0.3, -0.25) is 4.98 Å². The maximum atomic E-state index is 9.05. The van der Waals surface area contributed by atoms with Crippen molar-refractivity contribution >= 4 is 17.0 Å². The standard InChI is InChI=1S/C14H14N2O2S/c17-16-13-5-1-4-12-11(13)3-2-6-14(12)18-8-10-7-15-9-19-10/h2-3,6-7,9,17H,1,4-5,8H2/b16-13-. The monoisotopic (exact) mass is 274 g/mol. The number of thiazole rings is 1. The van der Waals surface area contributed by atoms with E-state index in [4.69, 9.17) is 9.94 Å². The van der Waals surface area contributed by atoms with Crippen molar-refractivity contribution in [2.24, 2.45) is 5.16 Å². The lowest BCUT2D eigenvalue weighted by molar-refractivity contribution is 0.304. The van der Waals surface area contributed by atoms with Crippen LogP contribution in [-0.4, -0.2) is 15.9 Å². The second-order valence-electron chi connectivity index (χ2n) is 4.44. The number of aromatic nitrogens is 1. The molecule has 0 amide bonds. The zero-order valence-electron chi connectivity index (χ0n) is 10.4. The molecule has 0 atom stereocenters. The first-order valence-electron chi connectivity index (χ1n) is 6.22. The molecule has 1 aliphatic carbocycles. The molecule has 1 N–H and O–H groups in total. The van der Waals surface area contributed by atoms with Gasteiger partial charge in [0.1, 0.15) is 12.4 Å². The van der Waals surface area contributed by atoms with Crippen molar-refractivity contribution in [3.63, 3.8) is 0 Å². The Balaban J connectivity index is 1.86. The summed E-state index contributed by atoms with van der Waals surface area (Å²) in [6.07, 6.45) is 4.60. The van der Waals surface area contributed by atoms with Crippen molar-refractivity contribution in [2.75, 3.05) is 0 Å². The summed E-state index contributed by atoms with van der Waals surface area (Å²) in [5.41, 5.74) is 4.71. The van der Waals surface area contributed by atoms with Crippen molar-refractivity contribution in [2.45, 2.75) is 25.9 Å². The number of ether oxygens (including phenoxy) is 1. The van der Waals surface area contributed by atoms with E-state index in [9.17, 15) is 0 Å². The van der Waals surface area contributed by atoms with Gasteiger partial charge < -0.3 is 9.94 Å². The van der Waals surface area contributed by atoms with Crippen LogP contribution in [0.1, 0.15) is 28.8 Å². The topological polar surface area (TPSA) is 54.7 Å². The van der Waals surface area contributed by atoms with Gasteiger partial charge in [-0.25, -0.2) is 0 Å². The van der Waals surface area contributed by atoms with E-state index in [1.165, 1.54) is 0 Å². The Labute approximate surface area is 115 Å². The van der Waals surface area contributed by atoms with Crippen molar-refractivity contribution < 1.29 is 9.94 Å². The van der Waals surface area contributed by atoms with Crippen LogP contribution in [0.3, 0.4) is 0 Å². The molecule has 19 heavy (non-hydrogen) atoms. The number of hydrogen-bond donors (Lipinski definition) is 1. The van der Waals surface area contributed by atoms with E-state index < -0.39 is 0 Å². The summed E-state index contributed by atoms with van der Waals surface area (Å²) in [4.78, 5) is 5.13. The van der Waals surface area contributed by atoms with Crippen LogP contribution in [0.4, 0.5) is 0 Å². The van der Waals surface area contributed by atoms with Gasteiger partial charge in [-0.1, -0.05) is 17.3 Å². The largest absolute Gasteiger partial charge is 0.488 e. The molecule has 0 fully saturated rings. The number of rotatable bonds is 3. The fourth-order valence-corrected chi connectivity index (χ4v) is 2.87. The first-order valence-corrected chi connectivity index (χ1v) is 7.10. The molecule has 1 aromatic heterocycles. The highest BCUT2D eigenvalue weighted by molar-refractivity contribution is 7.09. The predicted molar refractivity (Wildman–Crippen MR) is 74.1 cm³/mol. The van der Waals surface area contributed by atoms with Gasteiger partial charge in [0.05, 0.1) is 16.1 Å². The lowest BCUT2D eigenvalue weighted by Gasteiger charge is -2.20. The van der Waals surface area contributed by atoms with Crippen molar-refractivity contribution in [1.82, 2.24) is 4.98 Å². The normalized spacial score (nSPS) is 16.3. The zero-order chi connectivity index (χ0) is 13.1. The average Bonchev–Trinajstić information content (AvgIpc) is 2.97. The molecule has 3 rings (SSSR count). The Kier molecular flexibility index (Phi) is 3.46. The summed E-state index contributed by atoms with van der Waals surface area (Å²) in [6.45, 7) is 0.534. The molecule has 0 saturated carbocycles. The number of benzene rings is 1. The second-order valence-corrected chi connectivity index (χ2v) is 5.41. The minimum absolute atomic E-state index is 0.534. The fourth-order valence-electron chi connectivity index (χ4n) is 2.36. The zero-order valence-corrected chi connectivity index (χ0v) is 11.2. The van der Waals surface area contributed by atoms with Crippen LogP contribution in [0, 0.1) is 0 Å². The third-order valence-electron chi connectivity index (χ3n) is 3.26. The molecule has 0 bridgehead atoms. The molecular weight excluding hydrogens is 260 g/mol. The van der Waals surface area contributed by atoms with Crippen LogP contribution in [0.2, 0.25) is 0 Å². The van der Waals surface area contributed by atoms with Crippen LogP contribution < -0.4 is 4.74 Å². The molecule has 98 valence electrons. The molecule has 4 nitrogen and oxygen atoms in total. The minimum atomic E-state index is 0.534. The predicted octanol–water partition coefficient (Wildman–Crippen LogP) is 3.24. The lowest BCUT2D eigenvalue weighted by atomic mass is 9.89. The Morgan fingerprint density at radius 3 is 3.11 bits per heavy atom. The number of fused-ring (bicyclic) bond motifs is 1. The van der Waals surface area contributed by atoms with Gasteiger partial charge in [-0.15, -0.1) is 11.3 Å². The van der Waals surface area contributed by atoms with Crippen molar-refractivity contribution in [1.29, 1.82) is 0 Å². The van der Waals surface area contributed by atoms with E-state index in [0.717, 1.165) is 46.7 Å². The summed E-state index contributed by atoms with van der Waals surface area (Å²) in [5, 5.41) is 12.4. The molecule has 0 unspecified atom stereocenters. The fraction of sp³-hybridized carbons (Fsp3) is 0.286. The second kappa shape index (κ2) is 5.40. The molecule has 0 spiro atoms. The van der Waals surface area contributed by atoms with Gasteiger partial charge in [0.15, 0.2) is 0 Å². The molecule has 1 heterocycles. The summed E-state index contributed by atoms with van der Waals surface area (Å²) >= 11 is 1.58. The average molecular weight is 274 g/mol. The van der Waals surface area contributed by atoms with Gasteiger partial charge in [0.2, 0.25) is 0 Å². The first kappa shape index (κ1) is 12.2. The molecule has 0 aliphatic heterocycles. The summed E-state index contributed by atoms with van der Waals surface area (Å²) < 4.78 is 5.88. The summed E-state index contributed by atoms with van der Waals surface area (Å²) in [7, 11) is 0. The summed E-state index contributed by atoms with van der Waals surface area (Å²) in [6, 6.07) is 5.90. The molecular formula is C14H14N2O2S. The van der Waals surface area contributed by atoms with Crippen molar-refractivity contribution in [3.05, 3.63) is 45.9 Å². The Bertz CT molecular complexity index is 593.